The highest BCUT2D eigenvalue weighted by molar-refractivity contribution is 7.90. The fourth-order valence-electron chi connectivity index (χ4n) is 5.00. The first-order valence-corrected chi connectivity index (χ1v) is 12.1. The molecule has 2 N–H and O–H groups in total. The Hall–Kier alpha value is -2.50. The number of carbonyl (C=O) groups is 1. The second kappa shape index (κ2) is 8.37. The second-order valence-corrected chi connectivity index (χ2v) is 10.4. The predicted octanol–water partition coefficient (Wildman–Crippen LogP) is 2.86. The number of aliphatic carboxylic acids is 1. The van der Waals surface area contributed by atoms with E-state index in [9.17, 15) is 31.5 Å². The van der Waals surface area contributed by atoms with E-state index in [0.717, 1.165) is 12.3 Å². The van der Waals surface area contributed by atoms with Gasteiger partial charge in [0.2, 0.25) is 14.8 Å². The largest absolute Gasteiger partial charge is 0.480 e. The number of benzene rings is 1. The van der Waals surface area contributed by atoms with Crippen LogP contribution in [0.3, 0.4) is 0 Å². The first-order chi connectivity index (χ1) is 15.5. The molecule has 2 aromatic rings. The number of alkyl halides is 3. The van der Waals surface area contributed by atoms with Gasteiger partial charge in [-0.1, -0.05) is 31.5 Å². The van der Waals surface area contributed by atoms with Crippen molar-refractivity contribution < 1.29 is 31.5 Å². The Morgan fingerprint density at radius 3 is 2.48 bits per heavy atom. The van der Waals surface area contributed by atoms with Crippen LogP contribution >= 0.6 is 0 Å². The minimum Gasteiger partial charge on any atom is -0.480 e. The molecule has 4 rings (SSSR count). The van der Waals surface area contributed by atoms with Gasteiger partial charge in [0.05, 0.1) is 11.3 Å². The van der Waals surface area contributed by atoms with Crippen molar-refractivity contribution in [1.29, 1.82) is 0 Å². The van der Waals surface area contributed by atoms with Crippen LogP contribution in [0.2, 0.25) is 0 Å². The number of sulfonamides is 1. The summed E-state index contributed by atoms with van der Waals surface area (Å²) in [5.74, 6) is -2.18. The average Bonchev–Trinajstić information content (AvgIpc) is 3.15. The highest BCUT2D eigenvalue weighted by Crippen LogP contribution is 2.52. The maximum atomic E-state index is 13.9. The number of aromatic nitrogens is 1. The molecule has 1 aromatic carbocycles. The van der Waals surface area contributed by atoms with E-state index in [1.165, 1.54) is 22.5 Å². The van der Waals surface area contributed by atoms with Crippen LogP contribution < -0.4 is 5.32 Å². The Kier molecular flexibility index (Phi) is 6.00. The molecule has 178 valence electrons. The fraction of sp³-hybridized carbons (Fsp3) is 0.455. The van der Waals surface area contributed by atoms with E-state index in [-0.39, 0.29) is 30.8 Å². The molecule has 1 aliphatic carbocycles. The molecule has 0 saturated carbocycles. The van der Waals surface area contributed by atoms with Gasteiger partial charge in [0, 0.05) is 37.9 Å². The molecule has 2 heterocycles. The highest BCUT2D eigenvalue weighted by atomic mass is 32.2. The molecule has 0 amide bonds. The van der Waals surface area contributed by atoms with Gasteiger partial charge in [-0.3, -0.25) is 9.78 Å². The molecule has 2 unspecified atom stereocenters. The number of fused-ring (bicyclic) bond motifs is 1. The van der Waals surface area contributed by atoms with E-state index in [1.807, 2.05) is 0 Å². The summed E-state index contributed by atoms with van der Waals surface area (Å²) in [5, 5.41) is 13.5. The van der Waals surface area contributed by atoms with E-state index in [2.05, 4.69) is 10.3 Å². The molecule has 2 aliphatic rings. The van der Waals surface area contributed by atoms with Crippen LogP contribution in [0.4, 0.5) is 13.2 Å². The van der Waals surface area contributed by atoms with Crippen molar-refractivity contribution in [1.82, 2.24) is 14.6 Å². The number of rotatable bonds is 5. The van der Waals surface area contributed by atoms with Crippen molar-refractivity contribution in [3.05, 3.63) is 53.2 Å². The standard InChI is InChI=1S/C22H24F3N3O4S/c1-2-14-12-17-16(19-7-6-15(13-27-19)22(23,24)25)4-3-5-18(17)21(14,20(29)30)33(31,32)28-10-8-26-9-11-28/h3-7,13-14,26H,2,8-12H2,1H3,(H,29,30). The number of carboxylic acid groups (broad SMARTS) is 1. The zero-order valence-electron chi connectivity index (χ0n) is 17.9. The predicted molar refractivity (Wildman–Crippen MR) is 115 cm³/mol. The third-order valence-corrected chi connectivity index (χ3v) is 9.19. The number of pyridine rings is 1. The summed E-state index contributed by atoms with van der Waals surface area (Å²) in [4.78, 5) is 16.7. The lowest BCUT2D eigenvalue weighted by molar-refractivity contribution is -0.142. The minimum atomic E-state index is -4.53. The molecule has 1 aliphatic heterocycles. The van der Waals surface area contributed by atoms with E-state index in [1.54, 1.807) is 13.0 Å². The SMILES string of the molecule is CCC1Cc2c(-c3ccc(C(F)(F)F)cn3)cccc2C1(C(=O)O)S(=O)(=O)N1CCNCC1. The number of nitrogens with zero attached hydrogens (tertiary/aromatic N) is 2. The molecule has 0 spiro atoms. The van der Waals surface area contributed by atoms with Gasteiger partial charge in [-0.15, -0.1) is 0 Å². The lowest BCUT2D eigenvalue weighted by atomic mass is 9.89. The summed E-state index contributed by atoms with van der Waals surface area (Å²) in [7, 11) is -4.30. The molecular formula is C22H24F3N3O4S. The van der Waals surface area contributed by atoms with Crippen LogP contribution in [-0.4, -0.2) is 55.0 Å². The van der Waals surface area contributed by atoms with Crippen molar-refractivity contribution in [2.45, 2.75) is 30.7 Å². The summed E-state index contributed by atoms with van der Waals surface area (Å²) in [6.07, 6.45) is -3.34. The van der Waals surface area contributed by atoms with Crippen molar-refractivity contribution in [2.24, 2.45) is 5.92 Å². The first-order valence-electron chi connectivity index (χ1n) is 10.6. The van der Waals surface area contributed by atoms with Gasteiger partial charge in [-0.2, -0.15) is 17.5 Å². The molecule has 1 fully saturated rings. The van der Waals surface area contributed by atoms with Crippen LogP contribution in [0.5, 0.6) is 0 Å². The number of hydrogen-bond acceptors (Lipinski definition) is 5. The lowest BCUT2D eigenvalue weighted by Gasteiger charge is -2.38. The van der Waals surface area contributed by atoms with Crippen LogP contribution in [0.25, 0.3) is 11.3 Å². The normalized spacial score (nSPS) is 23.9. The Bertz CT molecular complexity index is 1160. The smallest absolute Gasteiger partial charge is 0.417 e. The highest BCUT2D eigenvalue weighted by Gasteiger charge is 2.63. The third kappa shape index (κ3) is 3.62. The number of piperazine rings is 1. The molecule has 1 saturated heterocycles. The van der Waals surface area contributed by atoms with Crippen LogP contribution in [0, 0.1) is 5.92 Å². The molecule has 7 nitrogen and oxygen atoms in total. The Morgan fingerprint density at radius 1 is 1.24 bits per heavy atom. The summed E-state index contributed by atoms with van der Waals surface area (Å²) in [5.41, 5.74) is 0.442. The van der Waals surface area contributed by atoms with Crippen LogP contribution in [-0.2, 0) is 32.2 Å². The van der Waals surface area contributed by atoms with Gasteiger partial charge < -0.3 is 10.4 Å². The number of halogens is 3. The first kappa shape index (κ1) is 23.7. The molecule has 33 heavy (non-hydrogen) atoms. The van der Waals surface area contributed by atoms with Gasteiger partial charge in [-0.05, 0) is 35.6 Å². The topological polar surface area (TPSA) is 99.6 Å². The number of hydrogen-bond donors (Lipinski definition) is 2. The maximum absolute atomic E-state index is 13.9. The molecule has 2 atom stereocenters. The van der Waals surface area contributed by atoms with Gasteiger partial charge >= 0.3 is 12.1 Å². The summed E-state index contributed by atoms with van der Waals surface area (Å²) in [6, 6.07) is 6.82. The quantitative estimate of drug-likeness (QED) is 0.679. The zero-order valence-corrected chi connectivity index (χ0v) is 18.7. The Labute approximate surface area is 189 Å². The van der Waals surface area contributed by atoms with Crippen molar-refractivity contribution in [3.8, 4) is 11.3 Å². The summed E-state index contributed by atoms with van der Waals surface area (Å²) < 4.78 is 65.7. The molecular weight excluding hydrogens is 459 g/mol. The zero-order chi connectivity index (χ0) is 24.0. The summed E-state index contributed by atoms with van der Waals surface area (Å²) in [6.45, 7) is 2.94. The lowest BCUT2D eigenvalue weighted by Crippen LogP contribution is -2.57. The molecule has 1 aromatic heterocycles. The number of carboxylic acids is 1. The van der Waals surface area contributed by atoms with E-state index < -0.39 is 38.4 Å². The van der Waals surface area contributed by atoms with E-state index in [0.29, 0.717) is 30.6 Å². The number of nitrogens with one attached hydrogen (secondary N) is 1. The maximum Gasteiger partial charge on any atom is 0.417 e. The van der Waals surface area contributed by atoms with Crippen molar-refractivity contribution >= 4 is 16.0 Å². The minimum absolute atomic E-state index is 0.166. The van der Waals surface area contributed by atoms with E-state index in [4.69, 9.17) is 0 Å². The summed E-state index contributed by atoms with van der Waals surface area (Å²) >= 11 is 0. The van der Waals surface area contributed by atoms with Crippen LogP contribution in [0.15, 0.2) is 36.5 Å². The van der Waals surface area contributed by atoms with E-state index >= 15 is 0 Å². The Morgan fingerprint density at radius 2 is 1.94 bits per heavy atom. The molecule has 11 heteroatoms. The van der Waals surface area contributed by atoms with Gasteiger partial charge in [0.15, 0.2) is 0 Å². The Balaban J connectivity index is 1.89. The van der Waals surface area contributed by atoms with Gasteiger partial charge in [-0.25, -0.2) is 8.42 Å². The van der Waals surface area contributed by atoms with Crippen LogP contribution in [0.1, 0.15) is 30.0 Å². The monoisotopic (exact) mass is 483 g/mol. The van der Waals surface area contributed by atoms with Gasteiger partial charge in [0.1, 0.15) is 0 Å². The molecule has 0 radical (unpaired) electrons. The molecule has 0 bridgehead atoms. The van der Waals surface area contributed by atoms with Gasteiger partial charge in [0.25, 0.3) is 0 Å². The third-order valence-electron chi connectivity index (χ3n) is 6.60. The fourth-order valence-corrected chi connectivity index (χ4v) is 7.43. The second-order valence-electron chi connectivity index (χ2n) is 8.27. The average molecular weight is 484 g/mol. The van der Waals surface area contributed by atoms with Crippen molar-refractivity contribution in [3.63, 3.8) is 0 Å². The van der Waals surface area contributed by atoms with Crippen molar-refractivity contribution in [2.75, 3.05) is 26.2 Å².